The van der Waals surface area contributed by atoms with Crippen LogP contribution in [0.1, 0.15) is 129 Å². The summed E-state index contributed by atoms with van der Waals surface area (Å²) in [5.74, 6) is 0.0853. The summed E-state index contributed by atoms with van der Waals surface area (Å²) >= 11 is 0. The molecule has 0 spiro atoms. The molecule has 0 aliphatic carbocycles. The van der Waals surface area contributed by atoms with Gasteiger partial charge in [0.05, 0.1) is 23.5 Å². The molecule has 2 aliphatic rings. The number of allylic oxidation sites excluding steroid dienone is 4. The number of hydrogen-bond donors (Lipinski definition) is 4. The number of hydrogen-bond acceptors (Lipinski definition) is 4. The molecule has 2 aliphatic heterocycles. The number of fused-ring (bicyclic) bond motifs is 2. The van der Waals surface area contributed by atoms with E-state index >= 15 is 0 Å². The van der Waals surface area contributed by atoms with Gasteiger partial charge in [0.2, 0.25) is 11.8 Å². The van der Waals surface area contributed by atoms with Crippen LogP contribution in [0.2, 0.25) is 0 Å². The number of carbonyl (C=O) groups excluding carboxylic acids is 2. The van der Waals surface area contributed by atoms with Crippen molar-refractivity contribution in [1.82, 2.24) is 20.6 Å². The zero-order valence-corrected chi connectivity index (χ0v) is 39.6. The van der Waals surface area contributed by atoms with Gasteiger partial charge in [-0.1, -0.05) is 84.9 Å². The van der Waals surface area contributed by atoms with Crippen molar-refractivity contribution in [2.24, 2.45) is 9.98 Å². The fraction of sp³-hybridized carbons (Fsp3) is 0.298. The van der Waals surface area contributed by atoms with E-state index in [-0.39, 0.29) is 23.9 Å². The number of aliphatic imine (C=N–C) groups is 2. The Morgan fingerprint density at radius 3 is 1.35 bits per heavy atom. The average Bonchev–Trinajstić information content (AvgIpc) is 3.92. The van der Waals surface area contributed by atoms with Gasteiger partial charge in [0.15, 0.2) is 0 Å². The van der Waals surface area contributed by atoms with Crippen LogP contribution in [-0.4, -0.2) is 33.2 Å². The number of benzene rings is 4. The highest BCUT2D eigenvalue weighted by Crippen LogP contribution is 2.37. The first-order valence-corrected chi connectivity index (χ1v) is 23.0. The number of amides is 2. The van der Waals surface area contributed by atoms with Crippen molar-refractivity contribution in [3.05, 3.63) is 175 Å². The molecule has 2 amide bonds. The molecule has 8 rings (SSSR count). The molecule has 4 heterocycles. The summed E-state index contributed by atoms with van der Waals surface area (Å²) in [5, 5.41) is 11.2. The SMILES string of the molecule is CC1=NC(=Cc2[nH]c(C)c(CCC(=O)N[C@@H](C)c3cccc4ccccc34)c2C)C(C)=C1CC1=C(C)/C(=C/c2[nH]c(C)c(CCC(=O)N[C@@H](C)c3cccc4ccccc34)c2C)N=C1C. The van der Waals surface area contributed by atoms with Gasteiger partial charge in [-0.2, -0.15) is 0 Å². The number of aryl methyl sites for hydroxylation is 2. The molecular formula is C57H62N6O2. The molecule has 8 nitrogen and oxygen atoms in total. The van der Waals surface area contributed by atoms with Crippen molar-refractivity contribution in [3.63, 3.8) is 0 Å². The van der Waals surface area contributed by atoms with E-state index in [2.05, 4.69) is 163 Å². The van der Waals surface area contributed by atoms with Gasteiger partial charge in [0.1, 0.15) is 0 Å². The number of aromatic amines is 2. The van der Waals surface area contributed by atoms with E-state index < -0.39 is 0 Å². The molecule has 8 heteroatoms. The molecule has 6 aromatic rings. The van der Waals surface area contributed by atoms with Crippen LogP contribution >= 0.6 is 0 Å². The lowest BCUT2D eigenvalue weighted by Gasteiger charge is -2.17. The molecule has 0 radical (unpaired) electrons. The Kier molecular flexibility index (Phi) is 12.9. The third-order valence-corrected chi connectivity index (χ3v) is 13.8. The molecule has 0 saturated heterocycles. The van der Waals surface area contributed by atoms with Crippen molar-refractivity contribution in [2.45, 2.75) is 113 Å². The monoisotopic (exact) mass is 862 g/mol. The minimum atomic E-state index is -0.0912. The molecule has 0 unspecified atom stereocenters. The summed E-state index contributed by atoms with van der Waals surface area (Å²) in [7, 11) is 0. The predicted octanol–water partition coefficient (Wildman–Crippen LogP) is 12.9. The second kappa shape index (κ2) is 18.7. The van der Waals surface area contributed by atoms with Crippen molar-refractivity contribution >= 4 is 56.9 Å². The second-order valence-electron chi connectivity index (χ2n) is 18.1. The second-order valence-corrected chi connectivity index (χ2v) is 18.1. The van der Waals surface area contributed by atoms with Gasteiger partial charge >= 0.3 is 0 Å². The molecule has 65 heavy (non-hydrogen) atoms. The van der Waals surface area contributed by atoms with Crippen molar-refractivity contribution in [2.75, 3.05) is 0 Å². The first-order chi connectivity index (χ1) is 31.2. The molecule has 4 aromatic carbocycles. The summed E-state index contributed by atoms with van der Waals surface area (Å²) in [6, 6.07) is 29.0. The lowest BCUT2D eigenvalue weighted by Crippen LogP contribution is -2.27. The number of nitrogens with one attached hydrogen (secondary N) is 4. The normalized spacial score (nSPS) is 16.3. The van der Waals surface area contributed by atoms with E-state index in [1.165, 1.54) is 55.0 Å². The summed E-state index contributed by atoms with van der Waals surface area (Å²) in [6.07, 6.45) is 7.19. The minimum Gasteiger partial charge on any atom is -0.359 e. The molecule has 4 N–H and O–H groups in total. The van der Waals surface area contributed by atoms with Gasteiger partial charge in [0.25, 0.3) is 0 Å². The molecular weight excluding hydrogens is 801 g/mol. The first kappa shape index (κ1) is 44.8. The van der Waals surface area contributed by atoms with Crippen molar-refractivity contribution < 1.29 is 9.59 Å². The smallest absolute Gasteiger partial charge is 0.220 e. The van der Waals surface area contributed by atoms with Gasteiger partial charge in [-0.25, -0.2) is 0 Å². The van der Waals surface area contributed by atoms with Crippen molar-refractivity contribution in [1.29, 1.82) is 0 Å². The van der Waals surface area contributed by atoms with Gasteiger partial charge in [-0.15, -0.1) is 0 Å². The maximum Gasteiger partial charge on any atom is 0.220 e. The van der Waals surface area contributed by atoms with Gasteiger partial charge in [-0.05, 0) is 171 Å². The van der Waals surface area contributed by atoms with Crippen LogP contribution in [0, 0.1) is 27.7 Å². The van der Waals surface area contributed by atoms with E-state index in [9.17, 15) is 9.59 Å². The fourth-order valence-electron chi connectivity index (χ4n) is 9.95. The standard InChI is InChI=1S/C57H62N6O2/c1-32-44(25-27-56(64)62-38(7)46-23-15-19-42-17-11-13-21-48(42)46)36(5)58-52(32)30-54-34(3)50(40(9)60-54)29-51-35(4)55(61-41(51)10)31-53-33(2)45(37(6)59-53)26-28-57(65)63-39(8)47-24-16-20-43-18-12-14-22-49(43)47/h11-24,30-31,38-39,58-59H,25-29H2,1-10H3,(H,62,64)(H,63,65)/b54-30-,55-31?/t38-,39-/m0/s1. The molecule has 0 saturated carbocycles. The predicted molar refractivity (Wildman–Crippen MR) is 270 cm³/mol. The number of rotatable bonds is 14. The molecule has 2 aromatic heterocycles. The van der Waals surface area contributed by atoms with Gasteiger partial charge < -0.3 is 20.6 Å². The Labute approximate surface area is 383 Å². The van der Waals surface area contributed by atoms with E-state index in [0.29, 0.717) is 25.7 Å². The number of nitrogens with zero attached hydrogens (tertiary/aromatic N) is 2. The van der Waals surface area contributed by atoms with Crippen LogP contribution in [-0.2, 0) is 22.4 Å². The summed E-state index contributed by atoms with van der Waals surface area (Å²) in [5.41, 5.74) is 19.9. The van der Waals surface area contributed by atoms with Gasteiger partial charge in [-0.3, -0.25) is 19.6 Å². The van der Waals surface area contributed by atoms with E-state index in [0.717, 1.165) is 74.3 Å². The maximum atomic E-state index is 13.2. The zero-order chi connectivity index (χ0) is 46.1. The van der Waals surface area contributed by atoms with E-state index in [1.54, 1.807) is 0 Å². The van der Waals surface area contributed by atoms with Crippen LogP contribution in [0.4, 0.5) is 0 Å². The van der Waals surface area contributed by atoms with Crippen LogP contribution in [0.15, 0.2) is 129 Å². The lowest BCUT2D eigenvalue weighted by atomic mass is 9.93. The van der Waals surface area contributed by atoms with Gasteiger partial charge in [0, 0.05) is 53.5 Å². The molecule has 0 fully saturated rings. The topological polar surface area (TPSA) is 114 Å². The Bertz CT molecular complexity index is 2850. The fourth-order valence-corrected chi connectivity index (χ4v) is 9.95. The Morgan fingerprint density at radius 1 is 0.554 bits per heavy atom. The highest BCUT2D eigenvalue weighted by atomic mass is 16.2. The largest absolute Gasteiger partial charge is 0.359 e. The van der Waals surface area contributed by atoms with Crippen LogP contribution in [0.3, 0.4) is 0 Å². The van der Waals surface area contributed by atoms with Crippen LogP contribution in [0.25, 0.3) is 33.7 Å². The molecule has 332 valence electrons. The van der Waals surface area contributed by atoms with Crippen LogP contribution < -0.4 is 10.6 Å². The Balaban J connectivity index is 0.912. The highest BCUT2D eigenvalue weighted by Gasteiger charge is 2.26. The average molecular weight is 863 g/mol. The molecule has 0 bridgehead atoms. The molecule has 2 atom stereocenters. The first-order valence-electron chi connectivity index (χ1n) is 23.0. The Morgan fingerprint density at radius 2 is 0.938 bits per heavy atom. The van der Waals surface area contributed by atoms with Crippen molar-refractivity contribution in [3.8, 4) is 0 Å². The maximum absolute atomic E-state index is 13.2. The Hall–Kier alpha value is -6.80. The number of carbonyl (C=O) groups is 2. The highest BCUT2D eigenvalue weighted by molar-refractivity contribution is 6.09. The van der Waals surface area contributed by atoms with E-state index in [4.69, 9.17) is 9.98 Å². The summed E-state index contributed by atoms with van der Waals surface area (Å²) in [6.45, 7) is 21.1. The zero-order valence-electron chi connectivity index (χ0n) is 39.6. The number of aromatic nitrogens is 2. The third kappa shape index (κ3) is 9.26. The van der Waals surface area contributed by atoms with Crippen LogP contribution in [0.5, 0.6) is 0 Å². The minimum absolute atomic E-state index is 0.0426. The third-order valence-electron chi connectivity index (χ3n) is 13.8. The number of H-pyrrole nitrogens is 2. The van der Waals surface area contributed by atoms with E-state index in [1.807, 2.05) is 24.3 Å². The quantitative estimate of drug-likeness (QED) is 0.0873. The lowest BCUT2D eigenvalue weighted by molar-refractivity contribution is -0.122. The summed E-state index contributed by atoms with van der Waals surface area (Å²) in [4.78, 5) is 43.8. The summed E-state index contributed by atoms with van der Waals surface area (Å²) < 4.78 is 0.